The number of nitrogens with zero attached hydrogens (tertiary/aromatic N) is 3. The minimum absolute atomic E-state index is 0.0458. The minimum atomic E-state index is -4.51. The molecular weight excluding hydrogens is 393 g/mol. The van der Waals surface area contributed by atoms with Crippen LogP contribution < -0.4 is 5.32 Å². The summed E-state index contributed by atoms with van der Waals surface area (Å²) in [5, 5.41) is 7.02. The number of nitrogens with one attached hydrogen (secondary N) is 1. The smallest absolute Gasteiger partial charge is 0.362 e. The Kier molecular flexibility index (Phi) is 4.99. The number of amides is 1. The van der Waals surface area contributed by atoms with E-state index in [9.17, 15) is 18.0 Å². The van der Waals surface area contributed by atoms with Crippen molar-refractivity contribution in [1.82, 2.24) is 14.7 Å². The molecule has 5 nitrogen and oxygen atoms in total. The van der Waals surface area contributed by atoms with Crippen molar-refractivity contribution in [3.63, 3.8) is 0 Å². The number of piperidine rings is 1. The molecule has 0 aliphatic carbocycles. The molecule has 1 saturated heterocycles. The van der Waals surface area contributed by atoms with Gasteiger partial charge in [-0.2, -0.15) is 18.3 Å². The molecule has 0 bridgehead atoms. The summed E-state index contributed by atoms with van der Waals surface area (Å²) in [4.78, 5) is 14.4. The fourth-order valence-electron chi connectivity index (χ4n) is 3.88. The van der Waals surface area contributed by atoms with Gasteiger partial charge in [0.15, 0.2) is 11.7 Å². The molecule has 150 valence electrons. The van der Waals surface area contributed by atoms with E-state index in [0.29, 0.717) is 13.1 Å². The van der Waals surface area contributed by atoms with E-state index in [0.717, 1.165) is 29.5 Å². The third-order valence-corrected chi connectivity index (χ3v) is 5.70. The van der Waals surface area contributed by atoms with Crippen molar-refractivity contribution in [2.75, 3.05) is 18.4 Å². The number of anilines is 1. The summed E-state index contributed by atoms with van der Waals surface area (Å²) in [7, 11) is 0. The first kappa shape index (κ1) is 19.1. The molecule has 0 radical (unpaired) electrons. The lowest BCUT2D eigenvalue weighted by Gasteiger charge is -2.33. The molecule has 2 aliphatic heterocycles. The van der Waals surface area contributed by atoms with Crippen LogP contribution in [0.15, 0.2) is 30.3 Å². The van der Waals surface area contributed by atoms with Gasteiger partial charge in [0.2, 0.25) is 0 Å². The molecule has 0 saturated carbocycles. The molecule has 1 N–H and O–H groups in total. The van der Waals surface area contributed by atoms with Crippen molar-refractivity contribution < 1.29 is 18.0 Å². The van der Waals surface area contributed by atoms with Gasteiger partial charge >= 0.3 is 6.18 Å². The standard InChI is InChI=1S/C19H20ClF3N4O/c20-15-16(18(28)26-9-5-2-6-10-26)25-27-14(19(21,22)23)11-13(24-17(15)27)12-7-3-1-4-8-12/h1,3-4,7-8,13-14,24H,2,5-6,9-11H2/t13-,14+/m0/s1. The van der Waals surface area contributed by atoms with E-state index < -0.39 is 24.2 Å². The average Bonchev–Trinajstić information content (AvgIpc) is 3.04. The summed E-state index contributed by atoms with van der Waals surface area (Å²) in [5.74, 6) is -0.366. The lowest BCUT2D eigenvalue weighted by molar-refractivity contribution is -0.173. The first-order valence-electron chi connectivity index (χ1n) is 9.31. The van der Waals surface area contributed by atoms with Gasteiger partial charge in [-0.15, -0.1) is 0 Å². The second-order valence-electron chi connectivity index (χ2n) is 7.21. The fraction of sp³-hybridized carbons (Fsp3) is 0.474. The number of hydrogen-bond acceptors (Lipinski definition) is 3. The number of carbonyl (C=O) groups is 1. The third kappa shape index (κ3) is 3.45. The van der Waals surface area contributed by atoms with Crippen LogP contribution in [0.4, 0.5) is 19.0 Å². The van der Waals surface area contributed by atoms with E-state index in [1.165, 1.54) is 0 Å². The number of hydrogen-bond donors (Lipinski definition) is 1. The van der Waals surface area contributed by atoms with Gasteiger partial charge in [-0.3, -0.25) is 4.79 Å². The summed E-state index contributed by atoms with van der Waals surface area (Å²) in [5.41, 5.74) is 0.609. The number of benzene rings is 1. The molecule has 3 heterocycles. The Morgan fingerprint density at radius 2 is 1.82 bits per heavy atom. The second-order valence-corrected chi connectivity index (χ2v) is 7.59. The van der Waals surface area contributed by atoms with Gasteiger partial charge in [-0.1, -0.05) is 41.9 Å². The summed E-state index contributed by atoms with van der Waals surface area (Å²) >= 11 is 6.36. The Bertz CT molecular complexity index is 862. The molecule has 0 unspecified atom stereocenters. The van der Waals surface area contributed by atoms with Crippen LogP contribution in [-0.2, 0) is 0 Å². The Labute approximate surface area is 165 Å². The number of fused-ring (bicyclic) bond motifs is 1. The molecule has 2 atom stereocenters. The van der Waals surface area contributed by atoms with Crippen molar-refractivity contribution >= 4 is 23.3 Å². The van der Waals surface area contributed by atoms with Gasteiger partial charge < -0.3 is 10.2 Å². The predicted octanol–water partition coefficient (Wildman–Crippen LogP) is 4.82. The largest absolute Gasteiger partial charge is 0.410 e. The highest BCUT2D eigenvalue weighted by atomic mass is 35.5. The summed E-state index contributed by atoms with van der Waals surface area (Å²) < 4.78 is 42.2. The Morgan fingerprint density at radius 1 is 1.14 bits per heavy atom. The first-order valence-corrected chi connectivity index (χ1v) is 9.69. The van der Waals surface area contributed by atoms with Gasteiger partial charge in [0.25, 0.3) is 5.91 Å². The van der Waals surface area contributed by atoms with Crippen LogP contribution in [0.25, 0.3) is 0 Å². The maximum absolute atomic E-state index is 13.8. The van der Waals surface area contributed by atoms with E-state index in [4.69, 9.17) is 11.6 Å². The van der Waals surface area contributed by atoms with Crippen LogP contribution in [0.3, 0.4) is 0 Å². The van der Waals surface area contributed by atoms with E-state index in [-0.39, 0.29) is 23.0 Å². The van der Waals surface area contributed by atoms with Crippen LogP contribution in [0.1, 0.15) is 53.8 Å². The summed E-state index contributed by atoms with van der Waals surface area (Å²) in [6.45, 7) is 1.14. The lowest BCUT2D eigenvalue weighted by Crippen LogP contribution is -2.37. The molecule has 1 amide bonds. The van der Waals surface area contributed by atoms with Crippen molar-refractivity contribution in [3.8, 4) is 0 Å². The zero-order chi connectivity index (χ0) is 19.9. The molecule has 2 aromatic rings. The van der Waals surface area contributed by atoms with Crippen LogP contribution in [-0.4, -0.2) is 39.9 Å². The predicted molar refractivity (Wildman–Crippen MR) is 99.5 cm³/mol. The first-order chi connectivity index (χ1) is 13.4. The molecule has 1 fully saturated rings. The van der Waals surface area contributed by atoms with Crippen LogP contribution in [0.5, 0.6) is 0 Å². The van der Waals surface area contributed by atoms with E-state index in [1.54, 1.807) is 35.2 Å². The highest BCUT2D eigenvalue weighted by Crippen LogP contribution is 2.46. The number of halogens is 4. The topological polar surface area (TPSA) is 50.2 Å². The maximum atomic E-state index is 13.8. The zero-order valence-corrected chi connectivity index (χ0v) is 15.8. The molecule has 28 heavy (non-hydrogen) atoms. The van der Waals surface area contributed by atoms with Crippen LogP contribution in [0.2, 0.25) is 5.02 Å². The van der Waals surface area contributed by atoms with Crippen molar-refractivity contribution in [2.45, 2.75) is 43.9 Å². The monoisotopic (exact) mass is 412 g/mol. The fourth-order valence-corrected chi connectivity index (χ4v) is 4.14. The zero-order valence-electron chi connectivity index (χ0n) is 15.0. The van der Waals surface area contributed by atoms with E-state index in [2.05, 4.69) is 10.4 Å². The van der Waals surface area contributed by atoms with Gasteiger partial charge in [0.05, 0.1) is 6.04 Å². The highest BCUT2D eigenvalue weighted by molar-refractivity contribution is 6.36. The van der Waals surface area contributed by atoms with Crippen molar-refractivity contribution in [1.29, 1.82) is 0 Å². The highest BCUT2D eigenvalue weighted by Gasteiger charge is 2.48. The molecule has 4 rings (SSSR count). The number of alkyl halides is 3. The van der Waals surface area contributed by atoms with Crippen LogP contribution >= 0.6 is 11.6 Å². The molecule has 0 spiro atoms. The van der Waals surface area contributed by atoms with Gasteiger partial charge in [0, 0.05) is 19.5 Å². The molecular formula is C19H20ClF3N4O. The maximum Gasteiger partial charge on any atom is 0.410 e. The van der Waals surface area contributed by atoms with Gasteiger partial charge in [-0.25, -0.2) is 4.68 Å². The Balaban J connectivity index is 1.72. The summed E-state index contributed by atoms with van der Waals surface area (Å²) in [6, 6.07) is 6.47. The number of aromatic nitrogens is 2. The normalized spacial score (nSPS) is 22.5. The number of likely N-dealkylation sites (tertiary alicyclic amines) is 1. The second kappa shape index (κ2) is 7.31. The third-order valence-electron chi connectivity index (χ3n) is 5.34. The molecule has 2 aliphatic rings. The Morgan fingerprint density at radius 3 is 2.46 bits per heavy atom. The lowest BCUT2D eigenvalue weighted by atomic mass is 9.97. The van der Waals surface area contributed by atoms with E-state index in [1.807, 2.05) is 0 Å². The number of rotatable bonds is 2. The van der Waals surface area contributed by atoms with Crippen LogP contribution in [0, 0.1) is 0 Å². The molecule has 9 heteroatoms. The molecule has 1 aromatic carbocycles. The summed E-state index contributed by atoms with van der Waals surface area (Å²) in [6.07, 6.45) is -1.96. The van der Waals surface area contributed by atoms with E-state index >= 15 is 0 Å². The quantitative estimate of drug-likeness (QED) is 0.769. The van der Waals surface area contributed by atoms with Crippen molar-refractivity contribution in [3.05, 3.63) is 46.6 Å². The van der Waals surface area contributed by atoms with Crippen molar-refractivity contribution in [2.24, 2.45) is 0 Å². The SMILES string of the molecule is O=C(c1nn2c(c1Cl)N[C@H](c1ccccc1)C[C@@H]2C(F)(F)F)N1CCCCC1. The van der Waals surface area contributed by atoms with Gasteiger partial charge in [0.1, 0.15) is 10.8 Å². The number of carbonyl (C=O) groups excluding carboxylic acids is 1. The Hall–Kier alpha value is -2.22. The minimum Gasteiger partial charge on any atom is -0.362 e. The molecule has 1 aromatic heterocycles. The average molecular weight is 413 g/mol. The van der Waals surface area contributed by atoms with Gasteiger partial charge in [-0.05, 0) is 24.8 Å².